The minimum absolute atomic E-state index is 0.0341. The lowest BCUT2D eigenvalue weighted by Crippen LogP contribution is -2.37. The van der Waals surface area contributed by atoms with Crippen molar-refractivity contribution in [2.24, 2.45) is 0 Å². The molecule has 0 heterocycles. The molecule has 0 aromatic heterocycles. The second-order valence-corrected chi connectivity index (χ2v) is 3.23. The normalized spacial score (nSPS) is 22.8. The summed E-state index contributed by atoms with van der Waals surface area (Å²) >= 11 is 0. The van der Waals surface area contributed by atoms with Gasteiger partial charge >= 0.3 is 6.09 Å². The largest absolute Gasteiger partial charge is 0.444 e. The maximum absolute atomic E-state index is 11.9. The van der Waals surface area contributed by atoms with Crippen LogP contribution < -0.4 is 5.32 Å². The van der Waals surface area contributed by atoms with Gasteiger partial charge in [0.05, 0.1) is 2.74 Å². The van der Waals surface area contributed by atoms with Crippen molar-refractivity contribution in [3.05, 3.63) is 0 Å². The Morgan fingerprint density at radius 1 is 1.69 bits per heavy atom. The van der Waals surface area contributed by atoms with Crippen LogP contribution in [0.2, 0.25) is 0 Å². The molecule has 1 amide bonds. The van der Waals surface area contributed by atoms with Crippen LogP contribution >= 0.6 is 0 Å². The summed E-state index contributed by atoms with van der Waals surface area (Å²) in [6.07, 6.45) is -1.38. The van der Waals surface area contributed by atoms with Crippen molar-refractivity contribution in [1.29, 1.82) is 0 Å². The maximum Gasteiger partial charge on any atom is 0.410 e. The Hall–Kier alpha value is -0.770. The Labute approximate surface area is 91.5 Å². The average molecular weight is 196 g/mol. The van der Waals surface area contributed by atoms with E-state index in [1.807, 2.05) is 0 Å². The van der Waals surface area contributed by atoms with E-state index in [1.54, 1.807) is 5.32 Å². The summed E-state index contributed by atoms with van der Waals surface area (Å²) in [5.41, 5.74) is -1.02. The molecule has 0 radical (unpaired) electrons. The predicted octanol–water partition coefficient (Wildman–Crippen LogP) is 1.07. The summed E-state index contributed by atoms with van der Waals surface area (Å²) in [5.74, 6) is 0. The number of amides is 1. The van der Waals surface area contributed by atoms with Crippen LogP contribution in [0.25, 0.3) is 0 Å². The lowest BCUT2D eigenvalue weighted by molar-refractivity contribution is 0.0301. The molecular formula is C9H20N2O2. The number of nitrogens with zero attached hydrogens (tertiary/aromatic N) is 1. The van der Waals surface area contributed by atoms with Crippen molar-refractivity contribution < 1.29 is 20.5 Å². The molecule has 4 nitrogen and oxygen atoms in total. The highest BCUT2D eigenvalue weighted by Gasteiger charge is 2.18. The van der Waals surface area contributed by atoms with Crippen LogP contribution in [0.3, 0.4) is 0 Å². The van der Waals surface area contributed by atoms with Crippen LogP contribution in [0.4, 0.5) is 4.79 Å². The van der Waals surface area contributed by atoms with Gasteiger partial charge in [-0.05, 0) is 27.8 Å². The van der Waals surface area contributed by atoms with Gasteiger partial charge in [0.15, 0.2) is 0 Å². The third-order valence-electron chi connectivity index (χ3n) is 0.839. The van der Waals surface area contributed by atoms with Crippen molar-refractivity contribution >= 4 is 6.09 Å². The molecule has 0 unspecified atom stereocenters. The van der Waals surface area contributed by atoms with Crippen LogP contribution in [-0.4, -0.2) is 43.6 Å². The van der Waals surface area contributed by atoms with E-state index in [0.29, 0.717) is 0 Å². The van der Waals surface area contributed by atoms with Crippen LogP contribution in [0.5, 0.6) is 0 Å². The summed E-state index contributed by atoms with van der Waals surface area (Å²) in [6.45, 7) is -5.79. The quantitative estimate of drug-likeness (QED) is 0.734. The Bertz CT molecular complexity index is 369. The second-order valence-electron chi connectivity index (χ2n) is 3.23. The third kappa shape index (κ3) is 6.40. The van der Waals surface area contributed by atoms with E-state index in [4.69, 9.17) is 15.7 Å². The Morgan fingerprint density at radius 2 is 2.38 bits per heavy atom. The molecule has 0 atom stereocenters. The van der Waals surface area contributed by atoms with E-state index in [1.165, 1.54) is 20.8 Å². The van der Waals surface area contributed by atoms with Gasteiger partial charge < -0.3 is 15.0 Å². The zero-order chi connectivity index (χ0) is 17.2. The maximum atomic E-state index is 11.9. The number of hydrogen-bond donors (Lipinski definition) is 1. The predicted molar refractivity (Wildman–Crippen MR) is 52.8 cm³/mol. The molecule has 0 bridgehead atoms. The molecule has 0 aliphatic carbocycles. The first kappa shape index (κ1) is 4.17. The summed E-state index contributed by atoms with van der Waals surface area (Å²) in [6, 6.07) is 0. The first-order valence-electron chi connectivity index (χ1n) is 7.92. The molecule has 0 rings (SSSR count). The standard InChI is InChI=1S/C9H20N2O2/c1-9(2,3)13-8(12)11(5)7-6-10-4/h10H,6-7H2,1-5H3/i4D2,5D2,6D2,7D2. The van der Waals surface area contributed by atoms with E-state index in [-0.39, 0.29) is 4.90 Å². The van der Waals surface area contributed by atoms with Crippen molar-refractivity contribution in [2.75, 3.05) is 27.0 Å². The van der Waals surface area contributed by atoms with E-state index < -0.39 is 38.7 Å². The van der Waals surface area contributed by atoms with Gasteiger partial charge in [-0.3, -0.25) is 0 Å². The number of carbonyl (C=O) groups excluding carboxylic acids is 1. The molecule has 0 saturated carbocycles. The SMILES string of the molecule is [2H]C([2H])NC([2H])([2H])C([2H])([2H])N(C(=O)OC(C)(C)C)C([2H])[2H]. The van der Waals surface area contributed by atoms with Gasteiger partial charge in [0.25, 0.3) is 0 Å². The van der Waals surface area contributed by atoms with Gasteiger partial charge in [0, 0.05) is 28.2 Å². The fourth-order valence-electron chi connectivity index (χ4n) is 0.449. The zero-order valence-corrected chi connectivity index (χ0v) is 7.92. The number of likely N-dealkylation sites (N-methyl/N-ethyl adjacent to an activating group) is 2. The van der Waals surface area contributed by atoms with E-state index in [2.05, 4.69) is 0 Å². The zero-order valence-electron chi connectivity index (χ0n) is 15.9. The van der Waals surface area contributed by atoms with Crippen LogP contribution in [0.15, 0.2) is 0 Å². The first-order valence-corrected chi connectivity index (χ1v) is 3.61. The number of ether oxygens (including phenoxy) is 1. The monoisotopic (exact) mass is 196 g/mol. The number of nitrogens with one attached hydrogen (secondary N) is 1. The molecule has 4 heteroatoms. The Morgan fingerprint density at radius 3 is 2.85 bits per heavy atom. The second kappa shape index (κ2) is 5.07. The summed E-state index contributed by atoms with van der Waals surface area (Å²) in [5, 5.41) is 1.69. The van der Waals surface area contributed by atoms with Gasteiger partial charge in [-0.25, -0.2) is 4.79 Å². The smallest absolute Gasteiger partial charge is 0.410 e. The summed E-state index contributed by atoms with van der Waals surface area (Å²) in [7, 11) is 0. The average Bonchev–Trinajstić information content (AvgIpc) is 2.09. The van der Waals surface area contributed by atoms with Crippen LogP contribution in [-0.2, 0) is 4.74 Å². The minimum atomic E-state index is -3.18. The van der Waals surface area contributed by atoms with Crippen molar-refractivity contribution in [3.8, 4) is 0 Å². The summed E-state index contributed by atoms with van der Waals surface area (Å²) in [4.78, 5) is 11.9. The van der Waals surface area contributed by atoms with Gasteiger partial charge in [-0.2, -0.15) is 0 Å². The topological polar surface area (TPSA) is 41.6 Å². The molecule has 0 aromatic carbocycles. The highest BCUT2D eigenvalue weighted by atomic mass is 16.6. The first-order chi connectivity index (χ1) is 9.12. The van der Waals surface area contributed by atoms with Crippen molar-refractivity contribution in [3.63, 3.8) is 0 Å². The summed E-state index contributed by atoms with van der Waals surface area (Å²) < 4.78 is 63.7. The van der Waals surface area contributed by atoms with Gasteiger partial charge in [-0.15, -0.1) is 0 Å². The van der Waals surface area contributed by atoms with Crippen molar-refractivity contribution in [2.45, 2.75) is 26.4 Å². The van der Waals surface area contributed by atoms with Gasteiger partial charge in [0.2, 0.25) is 0 Å². The number of rotatable bonds is 3. The molecule has 78 valence electrons. The Balaban J connectivity index is 5.49. The van der Waals surface area contributed by atoms with E-state index in [9.17, 15) is 4.79 Å². The van der Waals surface area contributed by atoms with Crippen molar-refractivity contribution in [1.82, 2.24) is 10.2 Å². The highest BCUT2D eigenvalue weighted by molar-refractivity contribution is 5.67. The van der Waals surface area contributed by atoms with E-state index >= 15 is 0 Å². The third-order valence-corrected chi connectivity index (χ3v) is 0.839. The van der Waals surface area contributed by atoms with Crippen LogP contribution in [0, 0.1) is 0 Å². The fraction of sp³-hybridized carbons (Fsp3) is 0.889. The Kier molecular flexibility index (Phi) is 1.63. The number of carbonyl (C=O) groups is 1. The van der Waals surface area contributed by atoms with Gasteiger partial charge in [0.1, 0.15) is 5.60 Å². The minimum Gasteiger partial charge on any atom is -0.444 e. The van der Waals surface area contributed by atoms with Crippen LogP contribution in [0.1, 0.15) is 31.7 Å². The van der Waals surface area contributed by atoms with E-state index in [0.717, 1.165) is 0 Å². The molecule has 13 heavy (non-hydrogen) atoms. The molecule has 0 fully saturated rings. The lowest BCUT2D eigenvalue weighted by Gasteiger charge is -2.24. The van der Waals surface area contributed by atoms with Gasteiger partial charge in [-0.1, -0.05) is 0 Å². The molecule has 0 aliphatic heterocycles. The molecule has 0 spiro atoms. The molecule has 0 aromatic rings. The molecule has 0 aliphatic rings. The highest BCUT2D eigenvalue weighted by Crippen LogP contribution is 2.08. The fourth-order valence-corrected chi connectivity index (χ4v) is 0.449. The molecule has 1 N–H and O–H groups in total. The lowest BCUT2D eigenvalue weighted by atomic mass is 10.2. The molecule has 0 saturated heterocycles. The number of hydrogen-bond acceptors (Lipinski definition) is 3. The molecular weight excluding hydrogens is 168 g/mol.